The number of carbonyl (C=O) groups is 2. The SMILES string of the molecule is COc1ccc2c3c1OC1C[C@@H](O)C=CC31CCN(C(=O)C(CSC(C)=O)Cc1ccccc1)C2. The Morgan fingerprint density at radius 2 is 2.06 bits per heavy atom. The average molecular weight is 494 g/mol. The van der Waals surface area contributed by atoms with Crippen molar-refractivity contribution in [2.75, 3.05) is 19.4 Å². The van der Waals surface area contributed by atoms with Crippen LogP contribution in [0.4, 0.5) is 0 Å². The molecule has 1 amide bonds. The fourth-order valence-electron chi connectivity index (χ4n) is 5.72. The van der Waals surface area contributed by atoms with E-state index in [1.165, 1.54) is 11.8 Å². The Morgan fingerprint density at radius 1 is 1.26 bits per heavy atom. The molecule has 2 heterocycles. The maximum Gasteiger partial charge on any atom is 0.227 e. The minimum Gasteiger partial charge on any atom is -0.493 e. The van der Waals surface area contributed by atoms with Gasteiger partial charge in [-0.15, -0.1) is 0 Å². The maximum atomic E-state index is 13.9. The number of benzene rings is 2. The Bertz CT molecular complexity index is 1150. The molecule has 2 aliphatic heterocycles. The Labute approximate surface area is 210 Å². The molecule has 1 N–H and O–H groups in total. The molecule has 3 aliphatic rings. The standard InChI is InChI=1S/C28H31NO5S/c1-18(30)35-17-21(14-19-6-4-3-5-7-19)27(32)29-13-12-28-11-10-22(31)15-24(28)34-26-23(33-2)9-8-20(16-29)25(26)28/h3-11,21-22,24,31H,12-17H2,1-2H3/t21?,22-,24?,28?/m0/s1. The summed E-state index contributed by atoms with van der Waals surface area (Å²) in [5.41, 5.74) is 2.83. The summed E-state index contributed by atoms with van der Waals surface area (Å²) in [5.74, 6) is 1.65. The lowest BCUT2D eigenvalue weighted by Crippen LogP contribution is -2.44. The quantitative estimate of drug-likeness (QED) is 0.616. The van der Waals surface area contributed by atoms with Crippen molar-refractivity contribution >= 4 is 22.8 Å². The summed E-state index contributed by atoms with van der Waals surface area (Å²) in [6.45, 7) is 2.60. The first-order valence-corrected chi connectivity index (χ1v) is 13.1. The van der Waals surface area contributed by atoms with Gasteiger partial charge >= 0.3 is 0 Å². The molecule has 2 aromatic rings. The molecule has 2 aromatic carbocycles. The van der Waals surface area contributed by atoms with Crippen LogP contribution in [0.1, 0.15) is 36.5 Å². The van der Waals surface area contributed by atoms with E-state index in [1.54, 1.807) is 14.0 Å². The van der Waals surface area contributed by atoms with E-state index in [2.05, 4.69) is 6.08 Å². The van der Waals surface area contributed by atoms with Crippen LogP contribution in [0.5, 0.6) is 11.5 Å². The van der Waals surface area contributed by atoms with E-state index in [0.29, 0.717) is 43.9 Å². The molecule has 0 radical (unpaired) electrons. The van der Waals surface area contributed by atoms with Gasteiger partial charge in [0.2, 0.25) is 5.91 Å². The summed E-state index contributed by atoms with van der Waals surface area (Å²) in [7, 11) is 1.63. The van der Waals surface area contributed by atoms with Crippen molar-refractivity contribution in [1.82, 2.24) is 4.90 Å². The molecule has 0 saturated heterocycles. The van der Waals surface area contributed by atoms with Crippen LogP contribution >= 0.6 is 11.8 Å². The predicted octanol–water partition coefficient (Wildman–Crippen LogP) is 3.89. The van der Waals surface area contributed by atoms with Crippen LogP contribution in [-0.2, 0) is 28.0 Å². The smallest absolute Gasteiger partial charge is 0.227 e. The number of rotatable bonds is 6. The molecule has 35 heavy (non-hydrogen) atoms. The van der Waals surface area contributed by atoms with Crippen LogP contribution in [0.3, 0.4) is 0 Å². The molecule has 184 valence electrons. The monoisotopic (exact) mass is 493 g/mol. The summed E-state index contributed by atoms with van der Waals surface area (Å²) in [4.78, 5) is 27.6. The number of nitrogens with zero attached hydrogens (tertiary/aromatic N) is 1. The van der Waals surface area contributed by atoms with E-state index in [0.717, 1.165) is 22.4 Å². The Hall–Kier alpha value is -2.77. The third kappa shape index (κ3) is 4.47. The van der Waals surface area contributed by atoms with Crippen LogP contribution in [-0.4, -0.2) is 52.6 Å². The number of aliphatic hydroxyl groups excluding tert-OH is 1. The molecule has 0 aromatic heterocycles. The van der Waals surface area contributed by atoms with Gasteiger partial charge in [0.1, 0.15) is 6.10 Å². The third-order valence-corrected chi connectivity index (χ3v) is 8.41. The molecule has 3 unspecified atom stereocenters. The van der Waals surface area contributed by atoms with E-state index in [1.807, 2.05) is 53.4 Å². The van der Waals surface area contributed by atoms with Gasteiger partial charge in [-0.25, -0.2) is 0 Å². The summed E-state index contributed by atoms with van der Waals surface area (Å²) in [6, 6.07) is 13.9. The first kappa shape index (κ1) is 23.9. The van der Waals surface area contributed by atoms with Crippen molar-refractivity contribution in [3.8, 4) is 11.5 Å². The van der Waals surface area contributed by atoms with Gasteiger partial charge < -0.3 is 19.5 Å². The van der Waals surface area contributed by atoms with Crippen molar-refractivity contribution in [3.05, 3.63) is 71.3 Å². The fraction of sp³-hybridized carbons (Fsp3) is 0.429. The number of aliphatic hydroxyl groups is 1. The highest BCUT2D eigenvalue weighted by molar-refractivity contribution is 8.13. The van der Waals surface area contributed by atoms with Crippen molar-refractivity contribution in [1.29, 1.82) is 0 Å². The molecule has 0 saturated carbocycles. The van der Waals surface area contributed by atoms with Crippen LogP contribution < -0.4 is 9.47 Å². The molecule has 1 aliphatic carbocycles. The third-order valence-electron chi connectivity index (χ3n) is 7.43. The van der Waals surface area contributed by atoms with Crippen molar-refractivity contribution in [2.24, 2.45) is 5.92 Å². The first-order valence-electron chi connectivity index (χ1n) is 12.1. The highest BCUT2D eigenvalue weighted by atomic mass is 32.2. The van der Waals surface area contributed by atoms with Gasteiger partial charge in [-0.3, -0.25) is 9.59 Å². The summed E-state index contributed by atoms with van der Waals surface area (Å²) in [5, 5.41) is 10.3. The minimum absolute atomic E-state index is 0.0214. The average Bonchev–Trinajstić information content (AvgIpc) is 3.09. The highest BCUT2D eigenvalue weighted by Gasteiger charge is 2.53. The number of methoxy groups -OCH3 is 1. The summed E-state index contributed by atoms with van der Waals surface area (Å²) in [6.07, 6.45) is 5.01. The van der Waals surface area contributed by atoms with Gasteiger partial charge in [0.05, 0.1) is 24.5 Å². The van der Waals surface area contributed by atoms with Crippen molar-refractivity contribution < 1.29 is 24.2 Å². The van der Waals surface area contributed by atoms with Gasteiger partial charge in [-0.05, 0) is 30.0 Å². The molecule has 7 heteroatoms. The summed E-state index contributed by atoms with van der Waals surface area (Å²) < 4.78 is 12.0. The van der Waals surface area contributed by atoms with E-state index < -0.39 is 11.5 Å². The van der Waals surface area contributed by atoms with E-state index in [9.17, 15) is 14.7 Å². The van der Waals surface area contributed by atoms with Gasteiger partial charge in [0.15, 0.2) is 16.6 Å². The Morgan fingerprint density at radius 3 is 2.80 bits per heavy atom. The zero-order valence-electron chi connectivity index (χ0n) is 20.1. The lowest BCUT2D eigenvalue weighted by molar-refractivity contribution is -0.135. The number of hydrogen-bond acceptors (Lipinski definition) is 6. The second-order valence-corrected chi connectivity index (χ2v) is 10.8. The van der Waals surface area contributed by atoms with E-state index in [-0.39, 0.29) is 23.0 Å². The lowest BCUT2D eigenvalue weighted by Gasteiger charge is -2.36. The number of thioether (sulfide) groups is 1. The predicted molar refractivity (Wildman–Crippen MR) is 136 cm³/mol. The molecule has 4 atom stereocenters. The van der Waals surface area contributed by atoms with E-state index in [4.69, 9.17) is 9.47 Å². The highest BCUT2D eigenvalue weighted by Crippen LogP contribution is 2.55. The topological polar surface area (TPSA) is 76.1 Å². The number of amides is 1. The number of hydrogen-bond donors (Lipinski definition) is 1. The van der Waals surface area contributed by atoms with Gasteiger partial charge in [0.25, 0.3) is 0 Å². The fourth-order valence-corrected chi connectivity index (χ4v) is 6.41. The Balaban J connectivity index is 1.48. The normalized spacial score (nSPS) is 25.2. The second-order valence-electron chi connectivity index (χ2n) is 9.64. The Kier molecular flexibility index (Phi) is 6.64. The molecular weight excluding hydrogens is 462 g/mol. The molecule has 5 rings (SSSR count). The molecule has 0 bridgehead atoms. The molecular formula is C28H31NO5S. The van der Waals surface area contributed by atoms with Crippen LogP contribution in [0.15, 0.2) is 54.6 Å². The minimum atomic E-state index is -0.547. The van der Waals surface area contributed by atoms with Crippen LogP contribution in [0.2, 0.25) is 0 Å². The van der Waals surface area contributed by atoms with Crippen LogP contribution in [0, 0.1) is 5.92 Å². The second kappa shape index (κ2) is 9.70. The van der Waals surface area contributed by atoms with Crippen LogP contribution in [0.25, 0.3) is 0 Å². The first-order chi connectivity index (χ1) is 16.9. The largest absolute Gasteiger partial charge is 0.493 e. The molecule has 0 fully saturated rings. The number of carbonyl (C=O) groups excluding carboxylic acids is 2. The van der Waals surface area contributed by atoms with E-state index >= 15 is 0 Å². The molecule has 6 nitrogen and oxygen atoms in total. The zero-order valence-corrected chi connectivity index (χ0v) is 20.9. The van der Waals surface area contributed by atoms with Crippen molar-refractivity contribution in [3.63, 3.8) is 0 Å². The maximum absolute atomic E-state index is 13.9. The van der Waals surface area contributed by atoms with Gasteiger partial charge in [-0.1, -0.05) is 60.3 Å². The summed E-state index contributed by atoms with van der Waals surface area (Å²) >= 11 is 1.22. The van der Waals surface area contributed by atoms with Gasteiger partial charge in [-0.2, -0.15) is 0 Å². The van der Waals surface area contributed by atoms with Gasteiger partial charge in [0, 0.05) is 37.8 Å². The van der Waals surface area contributed by atoms with Crippen molar-refractivity contribution in [2.45, 2.75) is 50.4 Å². The number of ether oxygens (including phenoxy) is 2. The molecule has 1 spiro atoms. The lowest BCUT2D eigenvalue weighted by atomic mass is 9.69. The zero-order chi connectivity index (χ0) is 24.6.